The minimum atomic E-state index is -3.44. The maximum Gasteiger partial charge on any atom is 0.233 e. The van der Waals surface area contributed by atoms with Crippen molar-refractivity contribution in [1.82, 2.24) is 4.72 Å². The lowest BCUT2D eigenvalue weighted by Gasteiger charge is -2.18. The minimum absolute atomic E-state index is 0.318. The molecule has 3 rings (SSSR count). The molecule has 0 saturated carbocycles. The fourth-order valence-electron chi connectivity index (χ4n) is 2.90. The van der Waals surface area contributed by atoms with E-state index >= 15 is 0 Å². The van der Waals surface area contributed by atoms with E-state index in [1.807, 2.05) is 18.2 Å². The number of halogens is 1. The van der Waals surface area contributed by atoms with E-state index in [2.05, 4.69) is 21.8 Å². The SMILES string of the molecule is O=S(=O)(/C=C/c1ccc(Cl)cc1)NCC1CCN(c2ccccc2)C1. The van der Waals surface area contributed by atoms with Gasteiger partial charge in [0, 0.05) is 35.8 Å². The van der Waals surface area contributed by atoms with Crippen LogP contribution in [0.3, 0.4) is 0 Å². The van der Waals surface area contributed by atoms with E-state index in [0.717, 1.165) is 25.1 Å². The van der Waals surface area contributed by atoms with Crippen molar-refractivity contribution in [2.45, 2.75) is 6.42 Å². The van der Waals surface area contributed by atoms with E-state index in [1.54, 1.807) is 30.3 Å². The highest BCUT2D eigenvalue weighted by atomic mass is 35.5. The Balaban J connectivity index is 1.52. The molecule has 0 amide bonds. The Kier molecular flexibility index (Phi) is 5.78. The molecular weight excluding hydrogens is 356 g/mol. The van der Waals surface area contributed by atoms with Crippen molar-refractivity contribution < 1.29 is 8.42 Å². The van der Waals surface area contributed by atoms with Crippen LogP contribution < -0.4 is 9.62 Å². The van der Waals surface area contributed by atoms with Crippen LogP contribution in [-0.2, 0) is 10.0 Å². The third-order valence-corrected chi connectivity index (χ3v) is 5.61. The Labute approximate surface area is 154 Å². The number of hydrogen-bond acceptors (Lipinski definition) is 3. The summed E-state index contributed by atoms with van der Waals surface area (Å²) in [4.78, 5) is 2.29. The fourth-order valence-corrected chi connectivity index (χ4v) is 3.92. The van der Waals surface area contributed by atoms with Crippen LogP contribution in [-0.4, -0.2) is 28.1 Å². The molecule has 0 aliphatic carbocycles. The van der Waals surface area contributed by atoms with Gasteiger partial charge in [-0.15, -0.1) is 0 Å². The highest BCUT2D eigenvalue weighted by Gasteiger charge is 2.23. The molecular formula is C19H21ClN2O2S. The summed E-state index contributed by atoms with van der Waals surface area (Å²) in [7, 11) is -3.44. The molecule has 132 valence electrons. The number of anilines is 1. The molecule has 1 atom stereocenters. The normalized spacial score (nSPS) is 18.1. The third kappa shape index (κ3) is 5.33. The molecule has 1 N–H and O–H groups in total. The number of hydrogen-bond donors (Lipinski definition) is 1. The first-order chi connectivity index (χ1) is 12.0. The van der Waals surface area contributed by atoms with Crippen LogP contribution in [0.4, 0.5) is 5.69 Å². The summed E-state index contributed by atoms with van der Waals surface area (Å²) in [5, 5.41) is 1.84. The molecule has 0 bridgehead atoms. The van der Waals surface area contributed by atoms with Crippen LogP contribution in [0.1, 0.15) is 12.0 Å². The van der Waals surface area contributed by atoms with Crippen molar-refractivity contribution in [2.24, 2.45) is 5.92 Å². The van der Waals surface area contributed by atoms with Crippen molar-refractivity contribution in [3.05, 3.63) is 70.6 Å². The van der Waals surface area contributed by atoms with Crippen molar-refractivity contribution in [3.63, 3.8) is 0 Å². The molecule has 1 aliphatic heterocycles. The molecule has 1 aliphatic rings. The zero-order valence-electron chi connectivity index (χ0n) is 13.8. The van der Waals surface area contributed by atoms with Gasteiger partial charge < -0.3 is 4.90 Å². The second kappa shape index (κ2) is 8.04. The largest absolute Gasteiger partial charge is 0.371 e. The summed E-state index contributed by atoms with van der Waals surface area (Å²) in [6.07, 6.45) is 2.56. The van der Waals surface area contributed by atoms with Crippen LogP contribution in [0.25, 0.3) is 6.08 Å². The molecule has 2 aromatic carbocycles. The van der Waals surface area contributed by atoms with Gasteiger partial charge >= 0.3 is 0 Å². The first kappa shape index (κ1) is 18.0. The van der Waals surface area contributed by atoms with E-state index < -0.39 is 10.0 Å². The Hall–Kier alpha value is -1.82. The zero-order chi connectivity index (χ0) is 17.7. The average Bonchev–Trinajstić information content (AvgIpc) is 3.10. The molecule has 0 radical (unpaired) electrons. The first-order valence-corrected chi connectivity index (χ1v) is 10.2. The predicted molar refractivity (Wildman–Crippen MR) is 104 cm³/mol. The third-order valence-electron chi connectivity index (χ3n) is 4.29. The number of sulfonamides is 1. The maximum absolute atomic E-state index is 12.1. The van der Waals surface area contributed by atoms with Gasteiger partial charge in [0.25, 0.3) is 0 Å². The number of para-hydroxylation sites is 1. The van der Waals surface area contributed by atoms with Gasteiger partial charge in [-0.25, -0.2) is 13.1 Å². The van der Waals surface area contributed by atoms with Crippen LogP contribution in [0, 0.1) is 5.92 Å². The Bertz CT molecular complexity index is 820. The number of nitrogens with one attached hydrogen (secondary N) is 1. The lowest BCUT2D eigenvalue weighted by Crippen LogP contribution is -2.29. The second-order valence-electron chi connectivity index (χ2n) is 6.18. The van der Waals surface area contributed by atoms with Crippen LogP contribution in [0.15, 0.2) is 60.0 Å². The van der Waals surface area contributed by atoms with Gasteiger partial charge in [-0.3, -0.25) is 0 Å². The summed E-state index contributed by atoms with van der Waals surface area (Å²) in [5.74, 6) is 0.318. The lowest BCUT2D eigenvalue weighted by atomic mass is 10.1. The smallest absolute Gasteiger partial charge is 0.233 e. The van der Waals surface area contributed by atoms with Crippen LogP contribution in [0.2, 0.25) is 5.02 Å². The molecule has 1 heterocycles. The Morgan fingerprint density at radius 1 is 1.12 bits per heavy atom. The standard InChI is InChI=1S/C19H21ClN2O2S/c20-18-8-6-16(7-9-18)11-13-25(23,24)21-14-17-10-12-22(15-17)19-4-2-1-3-5-19/h1-9,11,13,17,21H,10,12,14-15H2/b13-11+. The van der Waals surface area contributed by atoms with Gasteiger partial charge in [0.05, 0.1) is 0 Å². The summed E-state index contributed by atoms with van der Waals surface area (Å²) in [5.41, 5.74) is 1.99. The lowest BCUT2D eigenvalue weighted by molar-refractivity contribution is 0.547. The van der Waals surface area contributed by atoms with E-state index in [0.29, 0.717) is 17.5 Å². The highest BCUT2D eigenvalue weighted by molar-refractivity contribution is 7.92. The molecule has 0 aromatic heterocycles. The van der Waals surface area contributed by atoms with E-state index in [-0.39, 0.29) is 0 Å². The van der Waals surface area contributed by atoms with Crippen molar-refractivity contribution in [1.29, 1.82) is 0 Å². The predicted octanol–water partition coefficient (Wildman–Crippen LogP) is 3.76. The zero-order valence-corrected chi connectivity index (χ0v) is 15.4. The fraction of sp³-hybridized carbons (Fsp3) is 0.263. The van der Waals surface area contributed by atoms with E-state index in [9.17, 15) is 8.42 Å². The molecule has 6 heteroatoms. The average molecular weight is 377 g/mol. The summed E-state index contributed by atoms with van der Waals surface area (Å²) in [6.45, 7) is 2.28. The van der Waals surface area contributed by atoms with Gasteiger partial charge in [-0.1, -0.05) is 41.9 Å². The van der Waals surface area contributed by atoms with Gasteiger partial charge in [-0.05, 0) is 48.2 Å². The van der Waals surface area contributed by atoms with Crippen molar-refractivity contribution in [2.75, 3.05) is 24.5 Å². The Morgan fingerprint density at radius 2 is 1.84 bits per heavy atom. The first-order valence-electron chi connectivity index (χ1n) is 8.25. The van der Waals surface area contributed by atoms with Gasteiger partial charge in [0.2, 0.25) is 10.0 Å². The Morgan fingerprint density at radius 3 is 2.56 bits per heavy atom. The van der Waals surface area contributed by atoms with Gasteiger partial charge in [-0.2, -0.15) is 0 Å². The summed E-state index contributed by atoms with van der Waals surface area (Å²) >= 11 is 5.82. The summed E-state index contributed by atoms with van der Waals surface area (Å²) in [6, 6.07) is 17.2. The second-order valence-corrected chi connectivity index (χ2v) is 8.27. The van der Waals surface area contributed by atoms with E-state index in [4.69, 9.17) is 11.6 Å². The molecule has 0 spiro atoms. The number of rotatable bonds is 6. The van der Waals surface area contributed by atoms with Crippen molar-refractivity contribution in [3.8, 4) is 0 Å². The summed E-state index contributed by atoms with van der Waals surface area (Å²) < 4.78 is 27.0. The van der Waals surface area contributed by atoms with E-state index in [1.165, 1.54) is 11.1 Å². The van der Waals surface area contributed by atoms with Gasteiger partial charge in [0.1, 0.15) is 0 Å². The van der Waals surface area contributed by atoms with Crippen LogP contribution >= 0.6 is 11.6 Å². The molecule has 1 unspecified atom stereocenters. The molecule has 2 aromatic rings. The van der Waals surface area contributed by atoms with Crippen molar-refractivity contribution >= 4 is 33.4 Å². The highest BCUT2D eigenvalue weighted by Crippen LogP contribution is 2.23. The topological polar surface area (TPSA) is 49.4 Å². The maximum atomic E-state index is 12.1. The number of benzene rings is 2. The quantitative estimate of drug-likeness (QED) is 0.835. The monoisotopic (exact) mass is 376 g/mol. The molecule has 4 nitrogen and oxygen atoms in total. The number of nitrogens with zero attached hydrogens (tertiary/aromatic N) is 1. The molecule has 1 fully saturated rings. The molecule has 1 saturated heterocycles. The minimum Gasteiger partial charge on any atom is -0.371 e. The van der Waals surface area contributed by atoms with Crippen LogP contribution in [0.5, 0.6) is 0 Å². The molecule has 25 heavy (non-hydrogen) atoms. The van der Waals surface area contributed by atoms with Gasteiger partial charge in [0.15, 0.2) is 0 Å².